The van der Waals surface area contributed by atoms with Gasteiger partial charge in [0.25, 0.3) is 0 Å². The van der Waals surface area contributed by atoms with Crippen LogP contribution < -0.4 is 5.32 Å². The van der Waals surface area contributed by atoms with Crippen molar-refractivity contribution in [3.05, 3.63) is 35.6 Å². The Morgan fingerprint density at radius 1 is 1.31 bits per heavy atom. The molecule has 2 heterocycles. The fraction of sp³-hybridized carbons (Fsp3) is 0.353. The minimum Gasteiger partial charge on any atom is -0.353 e. The zero-order valence-electron chi connectivity index (χ0n) is 13.9. The lowest BCUT2D eigenvalue weighted by Crippen LogP contribution is -2.33. The summed E-state index contributed by atoms with van der Waals surface area (Å²) < 4.78 is 1.62. The van der Waals surface area contributed by atoms with Gasteiger partial charge in [-0.25, -0.2) is 9.97 Å². The predicted molar refractivity (Wildman–Crippen MR) is 101 cm³/mol. The molecule has 9 heteroatoms. The first kappa shape index (κ1) is 17.2. The van der Waals surface area contributed by atoms with Gasteiger partial charge in [0.2, 0.25) is 5.91 Å². The summed E-state index contributed by atoms with van der Waals surface area (Å²) in [4.78, 5) is 20.7. The molecule has 1 aliphatic carbocycles. The molecule has 0 aliphatic heterocycles. The van der Waals surface area contributed by atoms with E-state index in [9.17, 15) is 4.79 Å². The average Bonchev–Trinajstić information content (AvgIpc) is 3.29. The van der Waals surface area contributed by atoms with Crippen LogP contribution in [0.15, 0.2) is 35.6 Å². The van der Waals surface area contributed by atoms with Gasteiger partial charge in [-0.2, -0.15) is 4.68 Å². The van der Waals surface area contributed by atoms with Crippen LogP contribution in [0.4, 0.5) is 0 Å². The number of carbonyl (C=O) groups is 1. The van der Waals surface area contributed by atoms with Gasteiger partial charge in [0.05, 0.1) is 11.4 Å². The highest BCUT2D eigenvalue weighted by molar-refractivity contribution is 8.00. The van der Waals surface area contributed by atoms with E-state index in [-0.39, 0.29) is 5.91 Å². The lowest BCUT2D eigenvalue weighted by Gasteiger charge is -2.11. The second kappa shape index (κ2) is 7.59. The quantitative estimate of drug-likeness (QED) is 0.534. The lowest BCUT2D eigenvalue weighted by atomic mass is 10.2. The number of nitrogens with zero attached hydrogens (tertiary/aromatic N) is 5. The van der Waals surface area contributed by atoms with Crippen molar-refractivity contribution in [1.82, 2.24) is 30.3 Å². The number of nitrogens with one attached hydrogen (secondary N) is 1. The number of thioether (sulfide) groups is 1. The molecule has 1 fully saturated rings. The van der Waals surface area contributed by atoms with E-state index in [1.807, 2.05) is 12.1 Å². The summed E-state index contributed by atoms with van der Waals surface area (Å²) in [5, 5.41) is 12.7. The van der Waals surface area contributed by atoms with Crippen LogP contribution in [0.2, 0.25) is 5.02 Å². The van der Waals surface area contributed by atoms with Crippen molar-refractivity contribution in [2.45, 2.75) is 36.8 Å². The van der Waals surface area contributed by atoms with Gasteiger partial charge in [-0.3, -0.25) is 4.79 Å². The maximum atomic E-state index is 12.1. The number of rotatable bonds is 5. The highest BCUT2D eigenvalue weighted by atomic mass is 35.5. The lowest BCUT2D eigenvalue weighted by molar-refractivity contribution is -0.119. The van der Waals surface area contributed by atoms with Crippen molar-refractivity contribution >= 4 is 40.4 Å². The van der Waals surface area contributed by atoms with Crippen LogP contribution in [-0.2, 0) is 4.79 Å². The van der Waals surface area contributed by atoms with Gasteiger partial charge in [-0.05, 0) is 31.0 Å². The third-order valence-electron chi connectivity index (χ3n) is 4.32. The van der Waals surface area contributed by atoms with Crippen molar-refractivity contribution in [3.8, 4) is 5.69 Å². The largest absolute Gasteiger partial charge is 0.353 e. The molecule has 1 aliphatic rings. The molecule has 26 heavy (non-hydrogen) atoms. The van der Waals surface area contributed by atoms with E-state index in [1.165, 1.54) is 30.9 Å². The molecule has 0 unspecified atom stereocenters. The zero-order chi connectivity index (χ0) is 17.9. The summed E-state index contributed by atoms with van der Waals surface area (Å²) in [6.07, 6.45) is 5.99. The smallest absolute Gasteiger partial charge is 0.230 e. The molecule has 1 N–H and O–H groups in total. The van der Waals surface area contributed by atoms with Gasteiger partial charge < -0.3 is 5.32 Å². The maximum Gasteiger partial charge on any atom is 0.230 e. The number of carbonyl (C=O) groups excluding carboxylic acids is 1. The second-order valence-corrected chi connectivity index (χ2v) is 7.57. The zero-order valence-corrected chi connectivity index (χ0v) is 15.5. The fourth-order valence-electron chi connectivity index (χ4n) is 3.09. The monoisotopic (exact) mass is 388 g/mol. The van der Waals surface area contributed by atoms with E-state index in [4.69, 9.17) is 11.6 Å². The van der Waals surface area contributed by atoms with Crippen LogP contribution in [0.25, 0.3) is 16.9 Å². The van der Waals surface area contributed by atoms with Crippen molar-refractivity contribution in [3.63, 3.8) is 0 Å². The summed E-state index contributed by atoms with van der Waals surface area (Å²) in [6.45, 7) is 0. The highest BCUT2D eigenvalue weighted by Crippen LogP contribution is 2.25. The maximum absolute atomic E-state index is 12.1. The van der Waals surface area contributed by atoms with Gasteiger partial charge in [-0.1, -0.05) is 47.5 Å². The van der Waals surface area contributed by atoms with Crippen LogP contribution in [0.1, 0.15) is 25.7 Å². The van der Waals surface area contributed by atoms with Crippen LogP contribution in [0, 0.1) is 0 Å². The molecule has 0 bridgehead atoms. The Kier molecular flexibility index (Phi) is 5.03. The number of hydrogen-bond acceptors (Lipinski definition) is 6. The Hall–Kier alpha value is -2.19. The van der Waals surface area contributed by atoms with Gasteiger partial charge in [0.15, 0.2) is 11.2 Å². The van der Waals surface area contributed by atoms with Gasteiger partial charge in [0.1, 0.15) is 11.4 Å². The van der Waals surface area contributed by atoms with E-state index in [0.29, 0.717) is 33.0 Å². The van der Waals surface area contributed by atoms with Gasteiger partial charge >= 0.3 is 0 Å². The van der Waals surface area contributed by atoms with E-state index in [0.717, 1.165) is 18.5 Å². The first-order valence-corrected chi connectivity index (χ1v) is 9.81. The first-order valence-electron chi connectivity index (χ1n) is 8.45. The van der Waals surface area contributed by atoms with Crippen molar-refractivity contribution < 1.29 is 4.79 Å². The number of halogens is 1. The predicted octanol–water partition coefficient (Wildman–Crippen LogP) is 3.01. The highest BCUT2D eigenvalue weighted by Gasteiger charge is 2.18. The number of benzene rings is 1. The van der Waals surface area contributed by atoms with E-state index < -0.39 is 0 Å². The molecular formula is C17H17ClN6OS. The van der Waals surface area contributed by atoms with E-state index in [2.05, 4.69) is 25.6 Å². The molecule has 0 atom stereocenters. The average molecular weight is 389 g/mol. The Labute approximate surface area is 159 Å². The molecule has 3 aromatic rings. The number of amides is 1. The number of aromatic nitrogens is 5. The van der Waals surface area contributed by atoms with Crippen molar-refractivity contribution in [1.29, 1.82) is 0 Å². The Morgan fingerprint density at radius 3 is 2.96 bits per heavy atom. The molecule has 1 aromatic carbocycles. The SMILES string of the molecule is O=C(CSc1ncnc2c1nnn2-c1cccc(Cl)c1)NC1CCCC1. The van der Waals surface area contributed by atoms with Crippen LogP contribution in [0.5, 0.6) is 0 Å². The Balaban J connectivity index is 1.52. The van der Waals surface area contributed by atoms with Crippen LogP contribution >= 0.6 is 23.4 Å². The molecule has 0 saturated heterocycles. The van der Waals surface area contributed by atoms with Crippen LogP contribution in [-0.4, -0.2) is 42.7 Å². The summed E-state index contributed by atoms with van der Waals surface area (Å²) in [6, 6.07) is 7.62. The summed E-state index contributed by atoms with van der Waals surface area (Å²) in [5.41, 5.74) is 1.93. The standard InChI is InChI=1S/C17H17ClN6OS/c18-11-4-3-7-13(8-11)24-16-15(22-23-24)17(20-10-19-16)26-9-14(25)21-12-5-1-2-6-12/h3-4,7-8,10,12H,1-2,5-6,9H2,(H,21,25). The van der Waals surface area contributed by atoms with E-state index >= 15 is 0 Å². The van der Waals surface area contributed by atoms with E-state index in [1.54, 1.807) is 16.8 Å². The Bertz CT molecular complexity index is 940. The normalized spacial score (nSPS) is 14.8. The van der Waals surface area contributed by atoms with Crippen LogP contribution in [0.3, 0.4) is 0 Å². The summed E-state index contributed by atoms with van der Waals surface area (Å²) in [7, 11) is 0. The second-order valence-electron chi connectivity index (χ2n) is 6.17. The molecular weight excluding hydrogens is 372 g/mol. The molecule has 0 spiro atoms. The number of fused-ring (bicyclic) bond motifs is 1. The summed E-state index contributed by atoms with van der Waals surface area (Å²) in [5.74, 6) is 0.322. The molecule has 4 rings (SSSR count). The van der Waals surface area contributed by atoms with Gasteiger partial charge in [-0.15, -0.1) is 5.10 Å². The topological polar surface area (TPSA) is 85.6 Å². The fourth-order valence-corrected chi connectivity index (χ4v) is 4.02. The molecule has 0 radical (unpaired) electrons. The molecule has 1 amide bonds. The number of hydrogen-bond donors (Lipinski definition) is 1. The Morgan fingerprint density at radius 2 is 2.15 bits per heavy atom. The minimum absolute atomic E-state index is 0.0240. The third kappa shape index (κ3) is 3.66. The molecule has 134 valence electrons. The molecule has 2 aromatic heterocycles. The minimum atomic E-state index is 0.0240. The van der Waals surface area contributed by atoms with Crippen molar-refractivity contribution in [2.75, 3.05) is 5.75 Å². The van der Waals surface area contributed by atoms with Crippen molar-refractivity contribution in [2.24, 2.45) is 0 Å². The molecule has 1 saturated carbocycles. The summed E-state index contributed by atoms with van der Waals surface area (Å²) >= 11 is 7.40. The van der Waals surface area contributed by atoms with Gasteiger partial charge in [0, 0.05) is 11.1 Å². The molecule has 7 nitrogen and oxygen atoms in total. The first-order chi connectivity index (χ1) is 12.7. The third-order valence-corrected chi connectivity index (χ3v) is 5.53.